The fourth-order valence-electron chi connectivity index (χ4n) is 2.53. The lowest BCUT2D eigenvalue weighted by Crippen LogP contribution is -2.39. The SMILES string of the molecule is CC1CCCCCC1NS(=O)(=O)c1c[nH]c(=O)c(Cl)c1. The number of hydrogen-bond donors (Lipinski definition) is 2. The highest BCUT2D eigenvalue weighted by Gasteiger charge is 2.26. The van der Waals surface area contributed by atoms with Crippen molar-refractivity contribution < 1.29 is 8.42 Å². The Kier molecular flexibility index (Phi) is 4.88. The van der Waals surface area contributed by atoms with Crippen molar-refractivity contribution in [3.63, 3.8) is 0 Å². The first-order chi connectivity index (χ1) is 9.40. The first-order valence-electron chi connectivity index (χ1n) is 6.81. The third kappa shape index (κ3) is 3.62. The quantitative estimate of drug-likeness (QED) is 0.839. The smallest absolute Gasteiger partial charge is 0.266 e. The summed E-state index contributed by atoms with van der Waals surface area (Å²) in [6, 6.07) is 1.12. The molecule has 7 heteroatoms. The largest absolute Gasteiger partial charge is 0.326 e. The van der Waals surface area contributed by atoms with Gasteiger partial charge in [0.2, 0.25) is 10.0 Å². The van der Waals surface area contributed by atoms with E-state index in [1.807, 2.05) is 0 Å². The second kappa shape index (κ2) is 6.28. The molecule has 0 spiro atoms. The van der Waals surface area contributed by atoms with Crippen molar-refractivity contribution in [1.82, 2.24) is 9.71 Å². The van der Waals surface area contributed by atoms with E-state index in [0.29, 0.717) is 5.92 Å². The molecule has 1 aliphatic carbocycles. The Bertz CT molecular complexity index is 627. The maximum atomic E-state index is 12.3. The van der Waals surface area contributed by atoms with Crippen LogP contribution in [0.3, 0.4) is 0 Å². The first kappa shape index (κ1) is 15.5. The minimum absolute atomic E-state index is 0.00135. The maximum absolute atomic E-state index is 12.3. The normalized spacial score (nSPS) is 24.3. The van der Waals surface area contributed by atoms with Crippen LogP contribution in [-0.2, 0) is 10.0 Å². The van der Waals surface area contributed by atoms with Gasteiger partial charge in [0.05, 0.1) is 4.90 Å². The van der Waals surface area contributed by atoms with E-state index >= 15 is 0 Å². The molecule has 112 valence electrons. The van der Waals surface area contributed by atoms with E-state index < -0.39 is 15.6 Å². The van der Waals surface area contributed by atoms with Gasteiger partial charge < -0.3 is 4.98 Å². The molecular formula is C13H19ClN2O3S. The minimum atomic E-state index is -3.65. The van der Waals surface area contributed by atoms with Gasteiger partial charge in [0.15, 0.2) is 0 Å². The monoisotopic (exact) mass is 318 g/mol. The zero-order valence-corrected chi connectivity index (χ0v) is 12.9. The van der Waals surface area contributed by atoms with Gasteiger partial charge in [0, 0.05) is 12.2 Å². The van der Waals surface area contributed by atoms with Gasteiger partial charge in [-0.25, -0.2) is 13.1 Å². The Hall–Kier alpha value is -0.850. The zero-order chi connectivity index (χ0) is 14.8. The highest BCUT2D eigenvalue weighted by Crippen LogP contribution is 2.24. The molecule has 0 saturated heterocycles. The molecule has 5 nitrogen and oxygen atoms in total. The van der Waals surface area contributed by atoms with E-state index in [2.05, 4.69) is 16.6 Å². The Morgan fingerprint density at radius 3 is 2.70 bits per heavy atom. The number of H-pyrrole nitrogens is 1. The number of pyridine rings is 1. The van der Waals surface area contributed by atoms with Crippen LogP contribution in [-0.4, -0.2) is 19.4 Å². The van der Waals surface area contributed by atoms with E-state index in [-0.39, 0.29) is 16.0 Å². The van der Waals surface area contributed by atoms with Crippen LogP contribution in [0.15, 0.2) is 22.0 Å². The average Bonchev–Trinajstić information content (AvgIpc) is 2.58. The number of rotatable bonds is 3. The van der Waals surface area contributed by atoms with E-state index in [9.17, 15) is 13.2 Å². The van der Waals surface area contributed by atoms with Gasteiger partial charge in [0.1, 0.15) is 5.02 Å². The Labute approximate surface area is 123 Å². The second-order valence-corrected chi connectivity index (χ2v) is 7.48. The molecule has 0 amide bonds. The number of sulfonamides is 1. The van der Waals surface area contributed by atoms with Crippen LogP contribution in [0.2, 0.25) is 5.02 Å². The van der Waals surface area contributed by atoms with Crippen LogP contribution in [0.5, 0.6) is 0 Å². The number of aromatic amines is 1. The fourth-order valence-corrected chi connectivity index (χ4v) is 4.14. The molecular weight excluding hydrogens is 300 g/mol. The molecule has 2 unspecified atom stereocenters. The molecule has 2 rings (SSSR count). The van der Waals surface area contributed by atoms with Crippen LogP contribution >= 0.6 is 11.6 Å². The summed E-state index contributed by atoms with van der Waals surface area (Å²) in [5.41, 5.74) is -0.492. The highest BCUT2D eigenvalue weighted by atomic mass is 35.5. The summed E-state index contributed by atoms with van der Waals surface area (Å²) in [6.45, 7) is 2.07. The first-order valence-corrected chi connectivity index (χ1v) is 8.67. The molecule has 1 fully saturated rings. The summed E-state index contributed by atoms with van der Waals surface area (Å²) in [5, 5.41) is -0.123. The Morgan fingerprint density at radius 2 is 2.00 bits per heavy atom. The van der Waals surface area contributed by atoms with Gasteiger partial charge in [-0.1, -0.05) is 37.8 Å². The van der Waals surface area contributed by atoms with Crippen molar-refractivity contribution in [3.05, 3.63) is 27.6 Å². The molecule has 2 N–H and O–H groups in total. The zero-order valence-electron chi connectivity index (χ0n) is 11.4. The van der Waals surface area contributed by atoms with E-state index in [1.54, 1.807) is 0 Å². The molecule has 0 aromatic carbocycles. The van der Waals surface area contributed by atoms with Crippen LogP contribution < -0.4 is 10.3 Å². The lowest BCUT2D eigenvalue weighted by atomic mass is 9.98. The second-order valence-electron chi connectivity index (χ2n) is 5.36. The van der Waals surface area contributed by atoms with Crippen LogP contribution in [0.1, 0.15) is 39.0 Å². The summed E-state index contributed by atoms with van der Waals surface area (Å²) in [5.74, 6) is 0.311. The van der Waals surface area contributed by atoms with Crippen molar-refractivity contribution in [3.8, 4) is 0 Å². The van der Waals surface area contributed by atoms with Crippen molar-refractivity contribution in [2.45, 2.75) is 50.0 Å². The van der Waals surface area contributed by atoms with Crippen LogP contribution in [0.4, 0.5) is 0 Å². The van der Waals surface area contributed by atoms with E-state index in [0.717, 1.165) is 32.1 Å². The summed E-state index contributed by atoms with van der Waals surface area (Å²) in [7, 11) is -3.65. The highest BCUT2D eigenvalue weighted by molar-refractivity contribution is 7.89. The molecule has 1 aliphatic rings. The summed E-state index contributed by atoms with van der Waals surface area (Å²) >= 11 is 5.68. The van der Waals surface area contributed by atoms with Gasteiger partial charge in [-0.3, -0.25) is 4.79 Å². The average molecular weight is 319 g/mol. The van der Waals surface area contributed by atoms with Gasteiger partial charge >= 0.3 is 0 Å². The Balaban J connectivity index is 2.21. The number of halogens is 1. The molecule has 1 saturated carbocycles. The van der Waals surface area contributed by atoms with Crippen molar-refractivity contribution >= 4 is 21.6 Å². The maximum Gasteiger partial charge on any atom is 0.266 e. The molecule has 2 atom stereocenters. The molecule has 20 heavy (non-hydrogen) atoms. The van der Waals surface area contributed by atoms with Gasteiger partial charge in [0.25, 0.3) is 5.56 Å². The third-order valence-electron chi connectivity index (χ3n) is 3.81. The number of hydrogen-bond acceptors (Lipinski definition) is 3. The van der Waals surface area contributed by atoms with Gasteiger partial charge in [-0.2, -0.15) is 0 Å². The lowest BCUT2D eigenvalue weighted by molar-refractivity contribution is 0.399. The van der Waals surface area contributed by atoms with Crippen molar-refractivity contribution in [1.29, 1.82) is 0 Å². The predicted molar refractivity (Wildman–Crippen MR) is 78.4 cm³/mol. The summed E-state index contributed by atoms with van der Waals surface area (Å²) in [4.78, 5) is 13.5. The fraction of sp³-hybridized carbons (Fsp3) is 0.615. The van der Waals surface area contributed by atoms with Gasteiger partial charge in [-0.15, -0.1) is 0 Å². The van der Waals surface area contributed by atoms with Crippen molar-refractivity contribution in [2.75, 3.05) is 0 Å². The molecule has 1 aromatic heterocycles. The predicted octanol–water partition coefficient (Wildman–Crippen LogP) is 2.28. The summed E-state index contributed by atoms with van der Waals surface area (Å²) in [6.07, 6.45) is 6.37. The minimum Gasteiger partial charge on any atom is -0.326 e. The van der Waals surface area contributed by atoms with Gasteiger partial charge in [-0.05, 0) is 24.8 Å². The van der Waals surface area contributed by atoms with E-state index in [1.165, 1.54) is 12.3 Å². The van der Waals surface area contributed by atoms with E-state index in [4.69, 9.17) is 11.6 Å². The summed E-state index contributed by atoms with van der Waals surface area (Å²) < 4.78 is 27.4. The van der Waals surface area contributed by atoms with Crippen molar-refractivity contribution in [2.24, 2.45) is 5.92 Å². The topological polar surface area (TPSA) is 79.0 Å². The molecule has 0 aliphatic heterocycles. The van der Waals surface area contributed by atoms with Crippen LogP contribution in [0, 0.1) is 5.92 Å². The molecule has 1 aromatic rings. The third-order valence-corrected chi connectivity index (χ3v) is 5.56. The lowest BCUT2D eigenvalue weighted by Gasteiger charge is -2.22. The Morgan fingerprint density at radius 1 is 1.30 bits per heavy atom. The molecule has 0 radical (unpaired) electrons. The number of aromatic nitrogens is 1. The van der Waals surface area contributed by atoms with Crippen LogP contribution in [0.25, 0.3) is 0 Å². The molecule has 1 heterocycles. The standard InChI is InChI=1S/C13H19ClN2O3S/c1-9-5-3-2-4-6-12(9)16-20(18,19)10-7-11(14)13(17)15-8-10/h7-9,12,16H,2-6H2,1H3,(H,15,17). The number of nitrogens with one attached hydrogen (secondary N) is 2. The molecule has 0 bridgehead atoms.